The zero-order chi connectivity index (χ0) is 19.6. The first-order valence-corrected chi connectivity index (χ1v) is 10.6. The zero-order valence-corrected chi connectivity index (χ0v) is 17.4. The largest absolute Gasteiger partial charge is 0.383 e. The Labute approximate surface area is 169 Å². The Morgan fingerprint density at radius 1 is 0.857 bits per heavy atom. The lowest BCUT2D eigenvalue weighted by atomic mass is 9.91. The summed E-state index contributed by atoms with van der Waals surface area (Å²) in [5, 5.41) is 2.60. The molecule has 4 heteroatoms. The highest BCUT2D eigenvalue weighted by atomic mass is 16.5. The van der Waals surface area contributed by atoms with E-state index in [1.165, 1.54) is 35.6 Å². The fourth-order valence-corrected chi connectivity index (χ4v) is 4.27. The average molecular weight is 386 g/mol. The molecule has 0 N–H and O–H groups in total. The van der Waals surface area contributed by atoms with E-state index in [9.17, 15) is 0 Å². The number of nitrogens with zero attached hydrogens (tertiary/aromatic N) is 1. The molecule has 3 rings (SSSR count). The Bertz CT molecular complexity index is 697. The normalized spacial score (nSPS) is 20.1. The Balaban J connectivity index is 1.56. The third-order valence-corrected chi connectivity index (χ3v) is 5.84. The number of ether oxygens (including phenoxy) is 3. The van der Waals surface area contributed by atoms with E-state index in [-0.39, 0.29) is 0 Å². The summed E-state index contributed by atoms with van der Waals surface area (Å²) >= 11 is 0. The molecular formula is C24H35NO3. The number of methoxy groups -OCH3 is 2. The van der Waals surface area contributed by atoms with Crippen LogP contribution in [0.3, 0.4) is 0 Å². The van der Waals surface area contributed by atoms with Crippen LogP contribution in [-0.4, -0.2) is 64.2 Å². The molecule has 4 nitrogen and oxygen atoms in total. The molecule has 0 heterocycles. The monoisotopic (exact) mass is 385 g/mol. The Morgan fingerprint density at radius 2 is 1.57 bits per heavy atom. The lowest BCUT2D eigenvalue weighted by Crippen LogP contribution is -2.49. The van der Waals surface area contributed by atoms with Gasteiger partial charge in [0.15, 0.2) is 0 Å². The first kappa shape index (κ1) is 21.3. The van der Waals surface area contributed by atoms with Crippen LogP contribution in [0.15, 0.2) is 42.5 Å². The molecule has 0 aliphatic heterocycles. The molecule has 28 heavy (non-hydrogen) atoms. The first-order chi connectivity index (χ1) is 13.8. The van der Waals surface area contributed by atoms with Gasteiger partial charge in [-0.1, -0.05) is 55.3 Å². The van der Waals surface area contributed by atoms with Gasteiger partial charge in [-0.3, -0.25) is 4.90 Å². The molecule has 1 saturated carbocycles. The Hall–Kier alpha value is -1.46. The highest BCUT2D eigenvalue weighted by molar-refractivity contribution is 5.82. The van der Waals surface area contributed by atoms with Crippen molar-refractivity contribution >= 4 is 10.8 Å². The highest BCUT2D eigenvalue weighted by Gasteiger charge is 2.30. The van der Waals surface area contributed by atoms with Gasteiger partial charge >= 0.3 is 0 Å². The second-order valence-corrected chi connectivity index (χ2v) is 7.71. The average Bonchev–Trinajstić information content (AvgIpc) is 2.74. The van der Waals surface area contributed by atoms with Crippen LogP contribution in [-0.2, 0) is 20.6 Å². The molecule has 0 spiro atoms. The first-order valence-electron chi connectivity index (χ1n) is 10.6. The second-order valence-electron chi connectivity index (χ2n) is 7.71. The molecule has 1 aliphatic carbocycles. The number of rotatable bonds is 11. The minimum Gasteiger partial charge on any atom is -0.383 e. The maximum atomic E-state index is 6.43. The fraction of sp³-hybridized carbons (Fsp3) is 0.583. The summed E-state index contributed by atoms with van der Waals surface area (Å²) in [7, 11) is 3.54. The van der Waals surface area contributed by atoms with Gasteiger partial charge in [0.1, 0.15) is 0 Å². The molecule has 0 amide bonds. The maximum Gasteiger partial charge on any atom is 0.0730 e. The van der Waals surface area contributed by atoms with Crippen LogP contribution >= 0.6 is 0 Å². The summed E-state index contributed by atoms with van der Waals surface area (Å²) in [6.45, 7) is 4.17. The Morgan fingerprint density at radius 3 is 2.32 bits per heavy atom. The predicted molar refractivity (Wildman–Crippen MR) is 115 cm³/mol. The molecule has 2 aromatic carbocycles. The third-order valence-electron chi connectivity index (χ3n) is 5.84. The Kier molecular flexibility index (Phi) is 8.74. The van der Waals surface area contributed by atoms with Gasteiger partial charge in [0.05, 0.1) is 25.9 Å². The summed E-state index contributed by atoms with van der Waals surface area (Å²) in [5.41, 5.74) is 1.35. The van der Waals surface area contributed by atoms with E-state index in [0.29, 0.717) is 12.1 Å². The number of hydrogen-bond acceptors (Lipinski definition) is 4. The lowest BCUT2D eigenvalue weighted by Gasteiger charge is -2.39. The van der Waals surface area contributed by atoms with E-state index < -0.39 is 0 Å². The number of hydrogen-bond donors (Lipinski definition) is 0. The highest BCUT2D eigenvalue weighted by Crippen LogP contribution is 2.26. The topological polar surface area (TPSA) is 30.9 Å². The van der Waals surface area contributed by atoms with Gasteiger partial charge in [-0.05, 0) is 35.6 Å². The SMILES string of the molecule is COCCN(CCOC)C1CCCC[C@@H]1OCCc1ccc2ccccc2c1. The maximum absolute atomic E-state index is 6.43. The van der Waals surface area contributed by atoms with E-state index in [1.807, 2.05) is 0 Å². The van der Waals surface area contributed by atoms with Gasteiger partial charge in [0.25, 0.3) is 0 Å². The number of fused-ring (bicyclic) bond motifs is 1. The van der Waals surface area contributed by atoms with Crippen molar-refractivity contribution in [3.63, 3.8) is 0 Å². The molecule has 154 valence electrons. The van der Waals surface area contributed by atoms with Crippen LogP contribution in [0.25, 0.3) is 10.8 Å². The van der Waals surface area contributed by atoms with Gasteiger partial charge < -0.3 is 14.2 Å². The zero-order valence-electron chi connectivity index (χ0n) is 17.4. The fourth-order valence-electron chi connectivity index (χ4n) is 4.27. The molecule has 0 radical (unpaired) electrons. The molecule has 0 aromatic heterocycles. The van der Waals surface area contributed by atoms with E-state index in [0.717, 1.165) is 45.8 Å². The van der Waals surface area contributed by atoms with Crippen LogP contribution in [0.2, 0.25) is 0 Å². The van der Waals surface area contributed by atoms with E-state index in [1.54, 1.807) is 14.2 Å². The van der Waals surface area contributed by atoms with Gasteiger partial charge in [-0.25, -0.2) is 0 Å². The molecule has 1 unspecified atom stereocenters. The van der Waals surface area contributed by atoms with Crippen molar-refractivity contribution < 1.29 is 14.2 Å². The van der Waals surface area contributed by atoms with Gasteiger partial charge in [-0.15, -0.1) is 0 Å². The van der Waals surface area contributed by atoms with Crippen LogP contribution in [0, 0.1) is 0 Å². The van der Waals surface area contributed by atoms with E-state index in [4.69, 9.17) is 14.2 Å². The standard InChI is InChI=1S/C24H35NO3/c1-26-17-14-25(15-18-27-2)23-9-5-6-10-24(23)28-16-13-20-11-12-21-7-3-4-8-22(21)19-20/h3-4,7-8,11-12,19,23-24H,5-6,9-10,13-18H2,1-2H3/t23?,24-/m0/s1. The van der Waals surface area contributed by atoms with Crippen LogP contribution in [0.5, 0.6) is 0 Å². The third kappa shape index (κ3) is 6.02. The molecule has 1 aliphatic rings. The lowest BCUT2D eigenvalue weighted by molar-refractivity contribution is -0.0450. The summed E-state index contributed by atoms with van der Waals surface area (Å²) in [4.78, 5) is 2.51. The minimum absolute atomic E-state index is 0.308. The summed E-state index contributed by atoms with van der Waals surface area (Å²) in [6, 6.07) is 15.7. The van der Waals surface area contributed by atoms with E-state index >= 15 is 0 Å². The summed E-state index contributed by atoms with van der Waals surface area (Å²) < 4.78 is 17.1. The van der Waals surface area contributed by atoms with Crippen molar-refractivity contribution in [3.05, 3.63) is 48.0 Å². The van der Waals surface area contributed by atoms with Crippen LogP contribution in [0.4, 0.5) is 0 Å². The van der Waals surface area contributed by atoms with Crippen molar-refractivity contribution in [3.8, 4) is 0 Å². The summed E-state index contributed by atoms with van der Waals surface area (Å²) in [6.07, 6.45) is 6.17. The smallest absolute Gasteiger partial charge is 0.0730 e. The van der Waals surface area contributed by atoms with Crippen LogP contribution in [0.1, 0.15) is 31.2 Å². The molecule has 2 atom stereocenters. The predicted octanol–water partition coefficient (Wildman–Crippen LogP) is 4.30. The van der Waals surface area contributed by atoms with Crippen molar-refractivity contribution in [1.29, 1.82) is 0 Å². The molecule has 1 fully saturated rings. The van der Waals surface area contributed by atoms with Crippen molar-refractivity contribution in [1.82, 2.24) is 4.90 Å². The molecule has 0 bridgehead atoms. The van der Waals surface area contributed by atoms with Crippen molar-refractivity contribution in [2.75, 3.05) is 47.1 Å². The van der Waals surface area contributed by atoms with Gasteiger partial charge in [-0.2, -0.15) is 0 Å². The summed E-state index contributed by atoms with van der Waals surface area (Å²) in [5.74, 6) is 0. The molecule has 2 aromatic rings. The quantitative estimate of drug-likeness (QED) is 0.577. The van der Waals surface area contributed by atoms with Crippen molar-refractivity contribution in [2.24, 2.45) is 0 Å². The molecular weight excluding hydrogens is 350 g/mol. The second kappa shape index (κ2) is 11.5. The molecule has 0 saturated heterocycles. The van der Waals surface area contributed by atoms with Crippen LogP contribution < -0.4 is 0 Å². The van der Waals surface area contributed by atoms with Gasteiger partial charge in [0.2, 0.25) is 0 Å². The van der Waals surface area contributed by atoms with Gasteiger partial charge in [0, 0.05) is 33.4 Å². The van der Waals surface area contributed by atoms with E-state index in [2.05, 4.69) is 47.4 Å². The number of benzene rings is 2. The van der Waals surface area contributed by atoms with Crippen molar-refractivity contribution in [2.45, 2.75) is 44.2 Å². The minimum atomic E-state index is 0.308.